The van der Waals surface area contributed by atoms with Gasteiger partial charge in [-0.1, -0.05) is 6.07 Å². The number of nitrogens with one attached hydrogen (secondary N) is 1. The summed E-state index contributed by atoms with van der Waals surface area (Å²) in [6.07, 6.45) is 2.69. The topological polar surface area (TPSA) is 15.3 Å². The first-order valence-electron chi connectivity index (χ1n) is 6.65. The fraction of sp³-hybridized carbons (Fsp3) is 0.600. The van der Waals surface area contributed by atoms with Crippen LogP contribution < -0.4 is 10.2 Å². The molecule has 0 aromatic heterocycles. The molecule has 2 nitrogen and oxygen atoms in total. The molecular formula is C15H24N2. The van der Waals surface area contributed by atoms with Gasteiger partial charge >= 0.3 is 0 Å². The molecule has 17 heavy (non-hydrogen) atoms. The molecular weight excluding hydrogens is 208 g/mol. The van der Waals surface area contributed by atoms with E-state index >= 15 is 0 Å². The molecule has 0 bridgehead atoms. The van der Waals surface area contributed by atoms with Crippen molar-refractivity contribution in [2.24, 2.45) is 5.92 Å². The fourth-order valence-corrected chi connectivity index (χ4v) is 2.74. The van der Waals surface area contributed by atoms with E-state index in [1.165, 1.54) is 42.7 Å². The van der Waals surface area contributed by atoms with E-state index in [0.717, 1.165) is 12.5 Å². The molecule has 1 aliphatic rings. The molecule has 1 saturated heterocycles. The number of hydrogen-bond acceptors (Lipinski definition) is 2. The molecule has 94 valence electrons. The highest BCUT2D eigenvalue weighted by Gasteiger charge is 2.15. The van der Waals surface area contributed by atoms with Gasteiger partial charge in [-0.3, -0.25) is 0 Å². The second kappa shape index (κ2) is 5.54. The minimum absolute atomic E-state index is 0.801. The lowest BCUT2D eigenvalue weighted by molar-refractivity contribution is 0.381. The minimum Gasteiger partial charge on any atom is -0.374 e. The largest absolute Gasteiger partial charge is 0.374 e. The lowest BCUT2D eigenvalue weighted by atomic mass is 9.99. The van der Waals surface area contributed by atoms with E-state index in [1.54, 1.807) is 0 Å². The highest BCUT2D eigenvalue weighted by molar-refractivity contribution is 5.50. The molecule has 1 aliphatic heterocycles. The van der Waals surface area contributed by atoms with E-state index < -0.39 is 0 Å². The van der Waals surface area contributed by atoms with Gasteiger partial charge in [0.1, 0.15) is 0 Å². The van der Waals surface area contributed by atoms with Crippen molar-refractivity contribution in [3.05, 3.63) is 29.3 Å². The molecule has 2 heteroatoms. The van der Waals surface area contributed by atoms with Crippen LogP contribution >= 0.6 is 0 Å². The summed E-state index contributed by atoms with van der Waals surface area (Å²) in [4.78, 5) is 2.40. The molecule has 1 N–H and O–H groups in total. The third kappa shape index (κ3) is 3.47. The summed E-state index contributed by atoms with van der Waals surface area (Å²) in [5, 5.41) is 3.49. The third-order valence-electron chi connectivity index (χ3n) is 3.58. The van der Waals surface area contributed by atoms with Gasteiger partial charge in [-0.15, -0.1) is 0 Å². The summed E-state index contributed by atoms with van der Waals surface area (Å²) in [5.74, 6) is 0.801. The van der Waals surface area contributed by atoms with Gasteiger partial charge in [-0.25, -0.2) is 0 Å². The quantitative estimate of drug-likeness (QED) is 0.862. The highest BCUT2D eigenvalue weighted by Crippen LogP contribution is 2.20. The SMILES string of the molecule is Cc1cc(C)cc(N(C)CC2CCCNC2)c1. The van der Waals surface area contributed by atoms with Crippen LogP contribution in [0.4, 0.5) is 5.69 Å². The molecule has 1 unspecified atom stereocenters. The van der Waals surface area contributed by atoms with Crippen molar-refractivity contribution in [1.29, 1.82) is 0 Å². The zero-order valence-corrected chi connectivity index (χ0v) is 11.3. The Bertz CT molecular complexity index is 347. The number of anilines is 1. The lowest BCUT2D eigenvalue weighted by Gasteiger charge is -2.29. The van der Waals surface area contributed by atoms with Crippen molar-refractivity contribution >= 4 is 5.69 Å². The van der Waals surface area contributed by atoms with Crippen molar-refractivity contribution in [2.45, 2.75) is 26.7 Å². The normalized spacial score (nSPS) is 20.3. The van der Waals surface area contributed by atoms with Crippen molar-refractivity contribution in [3.63, 3.8) is 0 Å². The Balaban J connectivity index is 2.00. The van der Waals surface area contributed by atoms with Crippen molar-refractivity contribution < 1.29 is 0 Å². The van der Waals surface area contributed by atoms with Crippen LogP contribution in [0.2, 0.25) is 0 Å². The van der Waals surface area contributed by atoms with Crippen LogP contribution in [0.25, 0.3) is 0 Å². The summed E-state index contributed by atoms with van der Waals surface area (Å²) in [5.41, 5.74) is 4.07. The van der Waals surface area contributed by atoms with Crippen molar-refractivity contribution in [1.82, 2.24) is 5.32 Å². The molecule has 1 heterocycles. The maximum absolute atomic E-state index is 3.49. The maximum Gasteiger partial charge on any atom is 0.0369 e. The van der Waals surface area contributed by atoms with Gasteiger partial charge in [0, 0.05) is 19.3 Å². The van der Waals surface area contributed by atoms with E-state index in [4.69, 9.17) is 0 Å². The number of piperidine rings is 1. The minimum atomic E-state index is 0.801. The Kier molecular flexibility index (Phi) is 4.06. The van der Waals surface area contributed by atoms with Crippen LogP contribution in [0.3, 0.4) is 0 Å². The van der Waals surface area contributed by atoms with E-state index in [-0.39, 0.29) is 0 Å². The number of aryl methyl sites for hydroxylation is 2. The van der Waals surface area contributed by atoms with Crippen LogP contribution in [0, 0.1) is 19.8 Å². The number of hydrogen-bond donors (Lipinski definition) is 1. The first-order valence-corrected chi connectivity index (χ1v) is 6.65. The first-order chi connectivity index (χ1) is 8.15. The number of nitrogens with zero attached hydrogens (tertiary/aromatic N) is 1. The molecule has 1 atom stereocenters. The van der Waals surface area contributed by atoms with Gasteiger partial charge in [0.25, 0.3) is 0 Å². The second-order valence-corrected chi connectivity index (χ2v) is 5.44. The molecule has 0 spiro atoms. The summed E-state index contributed by atoms with van der Waals surface area (Å²) >= 11 is 0. The predicted octanol–water partition coefficient (Wildman–Crippen LogP) is 2.74. The zero-order chi connectivity index (χ0) is 12.3. The summed E-state index contributed by atoms with van der Waals surface area (Å²) < 4.78 is 0. The van der Waals surface area contributed by atoms with Crippen molar-refractivity contribution in [3.8, 4) is 0 Å². The molecule has 0 saturated carbocycles. The van der Waals surface area contributed by atoms with Gasteiger partial charge in [0.2, 0.25) is 0 Å². The molecule has 1 aromatic rings. The van der Waals surface area contributed by atoms with Gasteiger partial charge in [-0.2, -0.15) is 0 Å². The Morgan fingerprint density at radius 3 is 2.53 bits per heavy atom. The van der Waals surface area contributed by atoms with E-state index in [0.29, 0.717) is 0 Å². The molecule has 0 radical (unpaired) electrons. The summed E-state index contributed by atoms with van der Waals surface area (Å²) in [6.45, 7) is 7.88. The zero-order valence-electron chi connectivity index (χ0n) is 11.3. The Hall–Kier alpha value is -1.02. The van der Waals surface area contributed by atoms with Crippen LogP contribution in [-0.4, -0.2) is 26.7 Å². The summed E-state index contributed by atoms with van der Waals surface area (Å²) in [6, 6.07) is 6.80. The average molecular weight is 232 g/mol. The lowest BCUT2D eigenvalue weighted by Crippen LogP contribution is -2.36. The molecule has 0 aliphatic carbocycles. The molecule has 1 aromatic carbocycles. The van der Waals surface area contributed by atoms with E-state index in [2.05, 4.69) is 49.3 Å². The van der Waals surface area contributed by atoms with Crippen LogP contribution in [-0.2, 0) is 0 Å². The molecule has 1 fully saturated rings. The van der Waals surface area contributed by atoms with E-state index in [1.807, 2.05) is 0 Å². The molecule has 0 amide bonds. The van der Waals surface area contributed by atoms with Crippen molar-refractivity contribution in [2.75, 3.05) is 31.6 Å². The highest BCUT2D eigenvalue weighted by atomic mass is 15.1. The fourth-order valence-electron chi connectivity index (χ4n) is 2.74. The second-order valence-electron chi connectivity index (χ2n) is 5.44. The summed E-state index contributed by atoms with van der Waals surface area (Å²) in [7, 11) is 2.21. The first kappa shape index (κ1) is 12.4. The third-order valence-corrected chi connectivity index (χ3v) is 3.58. The molecule has 2 rings (SSSR count). The smallest absolute Gasteiger partial charge is 0.0369 e. The van der Waals surface area contributed by atoms with Gasteiger partial charge in [-0.05, 0) is 69.0 Å². The van der Waals surface area contributed by atoms with Gasteiger partial charge < -0.3 is 10.2 Å². The van der Waals surface area contributed by atoms with Crippen LogP contribution in [0.5, 0.6) is 0 Å². The Morgan fingerprint density at radius 2 is 1.94 bits per heavy atom. The van der Waals surface area contributed by atoms with Crippen LogP contribution in [0.1, 0.15) is 24.0 Å². The maximum atomic E-state index is 3.49. The predicted molar refractivity (Wildman–Crippen MR) is 74.8 cm³/mol. The average Bonchev–Trinajstić information content (AvgIpc) is 2.29. The van der Waals surface area contributed by atoms with Gasteiger partial charge in [0.05, 0.1) is 0 Å². The Labute approximate surface area is 105 Å². The number of benzene rings is 1. The standard InChI is InChI=1S/C15H24N2/c1-12-7-13(2)9-15(8-12)17(3)11-14-5-4-6-16-10-14/h7-9,14,16H,4-6,10-11H2,1-3H3. The van der Waals surface area contributed by atoms with Crippen LogP contribution in [0.15, 0.2) is 18.2 Å². The van der Waals surface area contributed by atoms with E-state index in [9.17, 15) is 0 Å². The monoisotopic (exact) mass is 232 g/mol. The Morgan fingerprint density at radius 1 is 1.24 bits per heavy atom. The number of rotatable bonds is 3. The van der Waals surface area contributed by atoms with Gasteiger partial charge in [0.15, 0.2) is 0 Å².